The predicted octanol–water partition coefficient (Wildman–Crippen LogP) is 3.65. The number of amidine groups is 1. The van der Waals surface area contributed by atoms with Gasteiger partial charge < -0.3 is 10.0 Å². The molecule has 29 heavy (non-hydrogen) atoms. The number of aliphatic imine (C=N–C) groups is 1. The van der Waals surface area contributed by atoms with E-state index in [1.54, 1.807) is 12.1 Å². The minimum atomic E-state index is -1.33. The van der Waals surface area contributed by atoms with Crippen molar-refractivity contribution in [2.24, 2.45) is 4.99 Å². The molecule has 1 N–H and O–H groups in total. The first kappa shape index (κ1) is 17.6. The lowest BCUT2D eigenvalue weighted by molar-refractivity contribution is -0.384. The second kappa shape index (κ2) is 6.53. The zero-order valence-corrected chi connectivity index (χ0v) is 15.6. The highest BCUT2D eigenvalue weighted by Crippen LogP contribution is 2.47. The molecule has 2 atom stereocenters. The van der Waals surface area contributed by atoms with E-state index in [0.29, 0.717) is 18.9 Å². The van der Waals surface area contributed by atoms with E-state index in [1.165, 1.54) is 12.1 Å². The second-order valence-electron chi connectivity index (χ2n) is 7.31. The summed E-state index contributed by atoms with van der Waals surface area (Å²) >= 11 is 0. The number of fused-ring (bicyclic) bond motifs is 2. The molecule has 0 aromatic heterocycles. The Kier molecular flexibility index (Phi) is 3.96. The van der Waals surface area contributed by atoms with E-state index in [2.05, 4.69) is 4.90 Å². The summed E-state index contributed by atoms with van der Waals surface area (Å²) in [4.78, 5) is 17.5. The third-order valence-electron chi connectivity index (χ3n) is 5.77. The lowest BCUT2D eigenvalue weighted by atomic mass is 9.75. The van der Waals surface area contributed by atoms with Crippen molar-refractivity contribution in [2.75, 3.05) is 13.1 Å². The molecule has 0 saturated carbocycles. The van der Waals surface area contributed by atoms with Crippen LogP contribution in [0.3, 0.4) is 0 Å². The number of hydrogen-bond donors (Lipinski definition) is 1. The molecule has 2 heterocycles. The van der Waals surface area contributed by atoms with Crippen LogP contribution in [0, 0.1) is 10.1 Å². The zero-order valence-electron chi connectivity index (χ0n) is 15.6. The highest BCUT2D eigenvalue weighted by atomic mass is 16.6. The smallest absolute Gasteiger partial charge is 0.269 e. The van der Waals surface area contributed by atoms with Crippen molar-refractivity contribution in [3.05, 3.63) is 111 Å². The molecule has 0 fully saturated rings. The van der Waals surface area contributed by atoms with Gasteiger partial charge in [0.1, 0.15) is 5.84 Å². The molecular formula is C23H19N3O3. The highest BCUT2D eigenvalue weighted by molar-refractivity contribution is 5.98. The molecule has 0 radical (unpaired) electrons. The summed E-state index contributed by atoms with van der Waals surface area (Å²) in [5.41, 5.74) is 2.23. The summed E-state index contributed by atoms with van der Waals surface area (Å²) in [7, 11) is 0. The first-order valence-corrected chi connectivity index (χ1v) is 9.54. The van der Waals surface area contributed by atoms with E-state index >= 15 is 0 Å². The van der Waals surface area contributed by atoms with E-state index < -0.39 is 10.5 Å². The fourth-order valence-electron chi connectivity index (χ4n) is 4.49. The van der Waals surface area contributed by atoms with Crippen LogP contribution >= 0.6 is 0 Å². The third kappa shape index (κ3) is 2.57. The van der Waals surface area contributed by atoms with Gasteiger partial charge in [-0.15, -0.1) is 0 Å². The summed E-state index contributed by atoms with van der Waals surface area (Å²) in [6, 6.07) is 23.9. The van der Waals surface area contributed by atoms with Crippen LogP contribution in [-0.2, 0) is 5.60 Å². The van der Waals surface area contributed by atoms with Crippen LogP contribution in [0.1, 0.15) is 28.3 Å². The van der Waals surface area contributed by atoms with Gasteiger partial charge in [-0.1, -0.05) is 54.6 Å². The largest absolute Gasteiger partial charge is 0.373 e. The quantitative estimate of drug-likeness (QED) is 0.551. The SMILES string of the molecule is O=[N+]([O-])c1ccc([C@H]2c3ccccc3[C@](O)(c3ccccc3)C3=NCCN32)cc1. The molecule has 144 valence electrons. The summed E-state index contributed by atoms with van der Waals surface area (Å²) in [6.45, 7) is 1.28. The summed E-state index contributed by atoms with van der Waals surface area (Å²) in [5, 5.41) is 23.0. The Balaban J connectivity index is 1.72. The van der Waals surface area contributed by atoms with E-state index in [0.717, 1.165) is 22.3 Å². The van der Waals surface area contributed by atoms with E-state index in [9.17, 15) is 15.2 Å². The van der Waals surface area contributed by atoms with Crippen molar-refractivity contribution in [1.82, 2.24) is 4.90 Å². The minimum absolute atomic E-state index is 0.0638. The average Bonchev–Trinajstić information content (AvgIpc) is 3.25. The Bertz CT molecular complexity index is 1110. The number of non-ortho nitro benzene ring substituents is 1. The number of aliphatic hydroxyl groups is 1. The van der Waals surface area contributed by atoms with Gasteiger partial charge in [0.25, 0.3) is 5.69 Å². The predicted molar refractivity (Wildman–Crippen MR) is 110 cm³/mol. The molecule has 6 nitrogen and oxygen atoms in total. The Morgan fingerprint density at radius 1 is 1.00 bits per heavy atom. The molecule has 3 aromatic carbocycles. The topological polar surface area (TPSA) is 79.0 Å². The van der Waals surface area contributed by atoms with Crippen LogP contribution in [0.15, 0.2) is 83.9 Å². The van der Waals surface area contributed by atoms with Crippen LogP contribution in [-0.4, -0.2) is 33.9 Å². The number of nitro benzene ring substituents is 1. The summed E-state index contributed by atoms with van der Waals surface area (Å²) in [5.74, 6) is 0.630. The van der Waals surface area contributed by atoms with Crippen molar-refractivity contribution >= 4 is 11.5 Å². The molecule has 2 aliphatic heterocycles. The van der Waals surface area contributed by atoms with Crippen molar-refractivity contribution in [2.45, 2.75) is 11.6 Å². The Labute approximate surface area is 167 Å². The van der Waals surface area contributed by atoms with Crippen LogP contribution in [0.4, 0.5) is 5.69 Å². The standard InChI is InChI=1S/C23H19N3O3/c27-23(17-6-2-1-3-7-17)20-9-5-4-8-19(20)21(25-15-14-24-22(23)25)16-10-12-18(13-11-16)26(28)29/h1-13,21,27H,14-15H2/t21-,23+/m0/s1. The maximum Gasteiger partial charge on any atom is 0.269 e. The van der Waals surface area contributed by atoms with Crippen LogP contribution < -0.4 is 0 Å². The molecule has 0 aliphatic carbocycles. The number of hydrogen-bond acceptors (Lipinski definition) is 5. The van der Waals surface area contributed by atoms with Gasteiger partial charge in [0.05, 0.1) is 17.5 Å². The van der Waals surface area contributed by atoms with Crippen molar-refractivity contribution in [1.29, 1.82) is 0 Å². The normalized spacial score (nSPS) is 22.6. The molecule has 0 saturated heterocycles. The van der Waals surface area contributed by atoms with Crippen molar-refractivity contribution < 1.29 is 10.0 Å². The summed E-state index contributed by atoms with van der Waals surface area (Å²) < 4.78 is 0. The van der Waals surface area contributed by atoms with Gasteiger partial charge in [0.15, 0.2) is 5.60 Å². The lowest BCUT2D eigenvalue weighted by Crippen LogP contribution is -2.52. The second-order valence-corrected chi connectivity index (χ2v) is 7.31. The van der Waals surface area contributed by atoms with Crippen molar-refractivity contribution in [3.8, 4) is 0 Å². The van der Waals surface area contributed by atoms with Gasteiger partial charge in [-0.3, -0.25) is 15.1 Å². The van der Waals surface area contributed by atoms with Gasteiger partial charge >= 0.3 is 0 Å². The number of benzene rings is 3. The Morgan fingerprint density at radius 3 is 2.41 bits per heavy atom. The van der Waals surface area contributed by atoms with Crippen LogP contribution in [0.25, 0.3) is 0 Å². The minimum Gasteiger partial charge on any atom is -0.373 e. The monoisotopic (exact) mass is 385 g/mol. The molecule has 6 heteroatoms. The number of nitro groups is 1. The average molecular weight is 385 g/mol. The maximum atomic E-state index is 12.0. The lowest BCUT2D eigenvalue weighted by Gasteiger charge is -2.45. The molecule has 0 spiro atoms. The first-order valence-electron chi connectivity index (χ1n) is 9.54. The molecule has 3 aromatic rings. The molecule has 0 amide bonds. The zero-order chi connectivity index (χ0) is 20.0. The fourth-order valence-corrected chi connectivity index (χ4v) is 4.49. The van der Waals surface area contributed by atoms with Crippen LogP contribution in [0.5, 0.6) is 0 Å². The number of nitrogens with zero attached hydrogens (tertiary/aromatic N) is 3. The van der Waals surface area contributed by atoms with Gasteiger partial charge in [-0.05, 0) is 28.8 Å². The van der Waals surface area contributed by atoms with Gasteiger partial charge in [0.2, 0.25) is 0 Å². The third-order valence-corrected chi connectivity index (χ3v) is 5.77. The first-order chi connectivity index (χ1) is 14.1. The Hall–Kier alpha value is -3.51. The van der Waals surface area contributed by atoms with Gasteiger partial charge in [-0.2, -0.15) is 0 Å². The Morgan fingerprint density at radius 2 is 1.69 bits per heavy atom. The fraction of sp³-hybridized carbons (Fsp3) is 0.174. The molecule has 2 aliphatic rings. The molecule has 5 rings (SSSR count). The maximum absolute atomic E-state index is 12.0. The molecular weight excluding hydrogens is 366 g/mol. The summed E-state index contributed by atoms with van der Waals surface area (Å²) in [6.07, 6.45) is 0. The highest BCUT2D eigenvalue weighted by Gasteiger charge is 2.50. The number of rotatable bonds is 3. The molecule has 0 unspecified atom stereocenters. The molecule has 0 bridgehead atoms. The van der Waals surface area contributed by atoms with E-state index in [1.807, 2.05) is 54.6 Å². The van der Waals surface area contributed by atoms with Crippen LogP contribution in [0.2, 0.25) is 0 Å². The van der Waals surface area contributed by atoms with Crippen molar-refractivity contribution in [3.63, 3.8) is 0 Å². The van der Waals surface area contributed by atoms with E-state index in [-0.39, 0.29) is 11.7 Å². The van der Waals surface area contributed by atoms with Gasteiger partial charge in [0, 0.05) is 24.2 Å². The van der Waals surface area contributed by atoms with Gasteiger partial charge in [-0.25, -0.2) is 0 Å². The van der Waals surface area contributed by atoms with E-state index in [4.69, 9.17) is 4.99 Å².